The number of ether oxygens (including phenoxy) is 1. The molecule has 1 unspecified atom stereocenters. The lowest BCUT2D eigenvalue weighted by atomic mass is 9.97. The second-order valence-corrected chi connectivity index (χ2v) is 8.32. The third-order valence-corrected chi connectivity index (χ3v) is 6.03. The first-order chi connectivity index (χ1) is 14.3. The monoisotopic (exact) mass is 435 g/mol. The fraction of sp³-hybridized carbons (Fsp3) is 0.333. The van der Waals surface area contributed by atoms with Crippen molar-refractivity contribution in [1.29, 1.82) is 0 Å². The highest BCUT2D eigenvalue weighted by Crippen LogP contribution is 2.32. The zero-order valence-corrected chi connectivity index (χ0v) is 17.0. The van der Waals surface area contributed by atoms with E-state index >= 15 is 0 Å². The molecule has 158 valence electrons. The Kier molecular flexibility index (Phi) is 5.55. The quantitative estimate of drug-likeness (QED) is 0.600. The molecule has 1 amide bonds. The number of aromatic nitrogens is 1. The molecule has 1 aliphatic heterocycles. The number of nitrogens with one attached hydrogen (secondary N) is 1. The van der Waals surface area contributed by atoms with Gasteiger partial charge in [0.2, 0.25) is 5.91 Å². The van der Waals surface area contributed by atoms with Gasteiger partial charge in [-0.05, 0) is 61.7 Å². The molecule has 1 saturated heterocycles. The molecule has 3 aromatic rings. The van der Waals surface area contributed by atoms with Gasteiger partial charge >= 0.3 is 6.36 Å². The Hall–Kier alpha value is -2.81. The number of carbonyl (C=O) groups excluding carboxylic acids is 1. The third-order valence-electron chi connectivity index (χ3n) is 4.95. The van der Waals surface area contributed by atoms with Crippen LogP contribution in [0.3, 0.4) is 0 Å². The minimum Gasteiger partial charge on any atom is -0.406 e. The minimum absolute atomic E-state index is 0.152. The van der Waals surface area contributed by atoms with Crippen LogP contribution in [0.25, 0.3) is 10.2 Å². The zero-order valence-electron chi connectivity index (χ0n) is 16.2. The summed E-state index contributed by atoms with van der Waals surface area (Å²) in [6.07, 6.45) is -3.12. The van der Waals surface area contributed by atoms with E-state index < -0.39 is 6.36 Å². The number of piperidine rings is 1. The summed E-state index contributed by atoms with van der Waals surface area (Å²) in [5, 5.41) is 3.69. The van der Waals surface area contributed by atoms with Gasteiger partial charge in [0.05, 0.1) is 16.1 Å². The van der Waals surface area contributed by atoms with Gasteiger partial charge in [0.25, 0.3) is 0 Å². The van der Waals surface area contributed by atoms with Crippen molar-refractivity contribution in [3.8, 4) is 5.75 Å². The molecular formula is C21H20F3N3O2S. The summed E-state index contributed by atoms with van der Waals surface area (Å²) in [6, 6.07) is 11.3. The smallest absolute Gasteiger partial charge is 0.406 e. The number of amides is 1. The molecule has 5 nitrogen and oxygen atoms in total. The lowest BCUT2D eigenvalue weighted by Gasteiger charge is -2.31. The molecule has 0 saturated carbocycles. The summed E-state index contributed by atoms with van der Waals surface area (Å²) >= 11 is 1.62. The fourth-order valence-electron chi connectivity index (χ4n) is 3.50. The number of halogens is 3. The van der Waals surface area contributed by atoms with Crippen LogP contribution in [0.2, 0.25) is 0 Å². The molecule has 0 bridgehead atoms. The molecule has 2 heterocycles. The van der Waals surface area contributed by atoms with Crippen LogP contribution in [-0.4, -0.2) is 30.3 Å². The maximum absolute atomic E-state index is 12.7. The van der Waals surface area contributed by atoms with Crippen LogP contribution in [0.4, 0.5) is 24.0 Å². The molecule has 0 aliphatic carbocycles. The number of hydrogen-bond donors (Lipinski definition) is 1. The van der Waals surface area contributed by atoms with Crippen molar-refractivity contribution in [2.24, 2.45) is 5.92 Å². The van der Waals surface area contributed by atoms with Crippen LogP contribution in [-0.2, 0) is 4.79 Å². The van der Waals surface area contributed by atoms with Crippen LogP contribution in [0.15, 0.2) is 42.5 Å². The molecule has 1 aromatic heterocycles. The van der Waals surface area contributed by atoms with Crippen LogP contribution in [0.1, 0.15) is 18.4 Å². The Morgan fingerprint density at radius 1 is 1.23 bits per heavy atom. The predicted molar refractivity (Wildman–Crippen MR) is 111 cm³/mol. The Labute approximate surface area is 175 Å². The minimum atomic E-state index is -4.74. The van der Waals surface area contributed by atoms with E-state index in [1.54, 1.807) is 11.3 Å². The first kappa shape index (κ1) is 20.5. The first-order valence-electron chi connectivity index (χ1n) is 9.56. The van der Waals surface area contributed by atoms with Crippen molar-refractivity contribution in [3.63, 3.8) is 0 Å². The summed E-state index contributed by atoms with van der Waals surface area (Å²) in [4.78, 5) is 19.5. The van der Waals surface area contributed by atoms with Gasteiger partial charge in [0, 0.05) is 18.8 Å². The third kappa shape index (κ3) is 4.84. The van der Waals surface area contributed by atoms with Gasteiger partial charge in [-0.2, -0.15) is 0 Å². The van der Waals surface area contributed by atoms with Crippen LogP contribution >= 0.6 is 11.3 Å². The van der Waals surface area contributed by atoms with Crippen molar-refractivity contribution >= 4 is 38.3 Å². The molecule has 9 heteroatoms. The summed E-state index contributed by atoms with van der Waals surface area (Å²) in [6.45, 7) is 3.44. The van der Waals surface area contributed by atoms with E-state index in [-0.39, 0.29) is 17.6 Å². The van der Waals surface area contributed by atoms with E-state index in [1.807, 2.05) is 19.1 Å². The number of hydrogen-bond acceptors (Lipinski definition) is 5. The molecule has 30 heavy (non-hydrogen) atoms. The second kappa shape index (κ2) is 8.14. The summed E-state index contributed by atoms with van der Waals surface area (Å²) in [5.41, 5.74) is 2.57. The van der Waals surface area contributed by atoms with Gasteiger partial charge in [0.15, 0.2) is 5.13 Å². The number of thiazole rings is 1. The number of alkyl halides is 3. The summed E-state index contributed by atoms with van der Waals surface area (Å²) in [5.74, 6) is -0.699. The highest BCUT2D eigenvalue weighted by Gasteiger charge is 2.31. The van der Waals surface area contributed by atoms with Gasteiger partial charge in [-0.25, -0.2) is 4.98 Å². The van der Waals surface area contributed by atoms with Gasteiger partial charge in [-0.15, -0.1) is 13.2 Å². The Morgan fingerprint density at radius 3 is 2.73 bits per heavy atom. The molecule has 4 rings (SSSR count). The SMILES string of the molecule is Cc1ccc2nc(N3CCCC(C(=O)Nc4ccc(OC(F)(F)F)cc4)C3)sc2c1. The molecule has 1 aliphatic rings. The number of aryl methyl sites for hydroxylation is 1. The van der Waals surface area contributed by atoms with Gasteiger partial charge in [0.1, 0.15) is 5.75 Å². The molecule has 0 spiro atoms. The average Bonchev–Trinajstić information content (AvgIpc) is 3.12. The van der Waals surface area contributed by atoms with Crippen molar-refractivity contribution in [2.75, 3.05) is 23.3 Å². The van der Waals surface area contributed by atoms with Crippen LogP contribution in [0.5, 0.6) is 5.75 Å². The predicted octanol–water partition coefficient (Wildman–Crippen LogP) is 5.36. The van der Waals surface area contributed by atoms with Crippen molar-refractivity contribution in [1.82, 2.24) is 4.98 Å². The van der Waals surface area contributed by atoms with Crippen LogP contribution < -0.4 is 15.0 Å². The maximum atomic E-state index is 12.7. The molecule has 1 N–H and O–H groups in total. The second-order valence-electron chi connectivity index (χ2n) is 7.31. The van der Waals surface area contributed by atoms with Crippen LogP contribution in [0, 0.1) is 12.8 Å². The van der Waals surface area contributed by atoms with Gasteiger partial charge < -0.3 is 15.0 Å². The highest BCUT2D eigenvalue weighted by atomic mass is 32.1. The van der Waals surface area contributed by atoms with Gasteiger partial charge in [-0.3, -0.25) is 4.79 Å². The molecule has 0 radical (unpaired) electrons. The maximum Gasteiger partial charge on any atom is 0.573 e. The first-order valence-corrected chi connectivity index (χ1v) is 10.4. The van der Waals surface area contributed by atoms with Crippen molar-refractivity contribution in [3.05, 3.63) is 48.0 Å². The van der Waals surface area contributed by atoms with E-state index in [0.717, 1.165) is 34.7 Å². The molecular weight excluding hydrogens is 415 g/mol. The number of benzene rings is 2. The topological polar surface area (TPSA) is 54.5 Å². The van der Waals surface area contributed by atoms with Gasteiger partial charge in [-0.1, -0.05) is 17.4 Å². The van der Waals surface area contributed by atoms with E-state index in [2.05, 4.69) is 21.0 Å². The molecule has 2 aromatic carbocycles. The largest absolute Gasteiger partial charge is 0.573 e. The zero-order chi connectivity index (χ0) is 21.3. The van der Waals surface area contributed by atoms with E-state index in [0.29, 0.717) is 12.2 Å². The summed E-state index contributed by atoms with van der Waals surface area (Å²) < 4.78 is 41.7. The highest BCUT2D eigenvalue weighted by molar-refractivity contribution is 7.22. The Morgan fingerprint density at radius 2 is 2.00 bits per heavy atom. The number of carbonyl (C=O) groups is 1. The summed E-state index contributed by atoms with van der Waals surface area (Å²) in [7, 11) is 0. The standard InChI is InChI=1S/C21H20F3N3O2S/c1-13-4-9-17-18(11-13)30-20(26-17)27-10-2-3-14(12-27)19(28)25-15-5-7-16(8-6-15)29-21(22,23)24/h4-9,11,14H,2-3,10,12H2,1H3,(H,25,28). The van der Waals surface area contributed by atoms with Crippen molar-refractivity contribution < 1.29 is 22.7 Å². The number of nitrogens with zero attached hydrogens (tertiary/aromatic N) is 2. The lowest BCUT2D eigenvalue weighted by molar-refractivity contribution is -0.274. The Bertz CT molecular complexity index is 1050. The average molecular weight is 435 g/mol. The fourth-order valence-corrected chi connectivity index (χ4v) is 4.60. The van der Waals surface area contributed by atoms with E-state index in [1.165, 1.54) is 29.8 Å². The number of rotatable bonds is 4. The normalized spacial score (nSPS) is 17.2. The molecule has 1 atom stereocenters. The molecule has 1 fully saturated rings. The number of fused-ring (bicyclic) bond motifs is 1. The van der Waals surface area contributed by atoms with E-state index in [9.17, 15) is 18.0 Å². The Balaban J connectivity index is 1.40. The van der Waals surface area contributed by atoms with E-state index in [4.69, 9.17) is 4.98 Å². The number of anilines is 2. The lowest BCUT2D eigenvalue weighted by Crippen LogP contribution is -2.40. The van der Waals surface area contributed by atoms with Crippen molar-refractivity contribution in [2.45, 2.75) is 26.1 Å².